The summed E-state index contributed by atoms with van der Waals surface area (Å²) in [4.78, 5) is 22.1. The lowest BCUT2D eigenvalue weighted by molar-refractivity contribution is 0.0690. The van der Waals surface area contributed by atoms with Crippen molar-refractivity contribution in [3.63, 3.8) is 0 Å². The third-order valence-corrected chi connectivity index (χ3v) is 2.74. The molecule has 0 amide bonds. The predicted molar refractivity (Wildman–Crippen MR) is 65.4 cm³/mol. The highest BCUT2D eigenvalue weighted by Crippen LogP contribution is 2.04. The van der Waals surface area contributed by atoms with Gasteiger partial charge in [-0.3, -0.25) is 4.79 Å². The number of carboxylic acids is 1. The summed E-state index contributed by atoms with van der Waals surface area (Å²) >= 11 is 3.27. The summed E-state index contributed by atoms with van der Waals surface area (Å²) in [6.45, 7) is 0.761. The zero-order chi connectivity index (χ0) is 13.1. The highest BCUT2D eigenvalue weighted by molar-refractivity contribution is 9.10. The van der Waals surface area contributed by atoms with Crippen LogP contribution in [0.5, 0.6) is 0 Å². The fraction of sp³-hybridized carbons (Fsp3) is 0.200. The van der Waals surface area contributed by atoms with E-state index in [0.717, 1.165) is 4.47 Å². The summed E-state index contributed by atoms with van der Waals surface area (Å²) in [5.74, 6) is -1.12. The number of hydrogen-bond donors (Lipinski definition) is 1. The number of halogens is 1. The van der Waals surface area contributed by atoms with Crippen molar-refractivity contribution in [1.29, 1.82) is 0 Å². The predicted octanol–water partition coefficient (Wildman–Crippen LogP) is 0.601. The number of rotatable bonds is 4. The first kappa shape index (κ1) is 12.5. The lowest BCUT2D eigenvalue weighted by Gasteiger charge is -2.05. The first-order valence-electron chi connectivity index (χ1n) is 5.05. The number of aromatic nitrogens is 4. The van der Waals surface area contributed by atoms with Gasteiger partial charge in [0.15, 0.2) is 5.69 Å². The molecule has 0 atom stereocenters. The first-order chi connectivity index (χ1) is 8.56. The van der Waals surface area contributed by atoms with Crippen molar-refractivity contribution in [2.24, 2.45) is 0 Å². The molecule has 18 heavy (non-hydrogen) atoms. The summed E-state index contributed by atoms with van der Waals surface area (Å²) in [7, 11) is 0. The molecular weight excluding hydrogens is 304 g/mol. The van der Waals surface area contributed by atoms with Crippen LogP contribution in [0.1, 0.15) is 10.5 Å². The Morgan fingerprint density at radius 3 is 2.78 bits per heavy atom. The Labute approximate surface area is 110 Å². The summed E-state index contributed by atoms with van der Waals surface area (Å²) in [5.41, 5.74) is -0.242. The molecule has 8 heteroatoms. The van der Waals surface area contributed by atoms with E-state index in [0.29, 0.717) is 13.1 Å². The summed E-state index contributed by atoms with van der Waals surface area (Å²) in [5, 5.41) is 15.8. The van der Waals surface area contributed by atoms with Crippen LogP contribution in [0.15, 0.2) is 33.8 Å². The van der Waals surface area contributed by atoms with Crippen LogP contribution in [0.25, 0.3) is 0 Å². The number of aromatic carboxylic acids is 1. The summed E-state index contributed by atoms with van der Waals surface area (Å²) in [6, 6.07) is 3.12. The van der Waals surface area contributed by atoms with Gasteiger partial charge >= 0.3 is 5.97 Å². The zero-order valence-corrected chi connectivity index (χ0v) is 10.7. The van der Waals surface area contributed by atoms with Gasteiger partial charge in [0.25, 0.3) is 5.56 Å². The molecular formula is C10H9BrN4O3. The van der Waals surface area contributed by atoms with Crippen molar-refractivity contribution >= 4 is 21.9 Å². The molecule has 2 aromatic heterocycles. The van der Waals surface area contributed by atoms with Gasteiger partial charge in [0.2, 0.25) is 0 Å². The molecule has 0 spiro atoms. The van der Waals surface area contributed by atoms with Gasteiger partial charge in [0.05, 0.1) is 12.7 Å². The van der Waals surface area contributed by atoms with Gasteiger partial charge in [-0.2, -0.15) is 0 Å². The van der Waals surface area contributed by atoms with Gasteiger partial charge in [0, 0.05) is 23.3 Å². The molecule has 0 saturated carbocycles. The monoisotopic (exact) mass is 312 g/mol. The third kappa shape index (κ3) is 2.83. The Hall–Kier alpha value is -1.96. The van der Waals surface area contributed by atoms with Crippen LogP contribution in [0.4, 0.5) is 0 Å². The second-order valence-electron chi connectivity index (χ2n) is 3.55. The van der Waals surface area contributed by atoms with Crippen molar-refractivity contribution in [1.82, 2.24) is 19.6 Å². The Morgan fingerprint density at radius 2 is 2.11 bits per heavy atom. The van der Waals surface area contributed by atoms with Crippen LogP contribution in [-0.2, 0) is 13.1 Å². The van der Waals surface area contributed by atoms with Crippen molar-refractivity contribution in [2.45, 2.75) is 13.1 Å². The Balaban J connectivity index is 2.09. The maximum absolute atomic E-state index is 11.5. The Bertz CT molecular complexity index is 634. The van der Waals surface area contributed by atoms with E-state index in [1.54, 1.807) is 12.3 Å². The fourth-order valence-corrected chi connectivity index (χ4v) is 1.77. The number of pyridine rings is 1. The fourth-order valence-electron chi connectivity index (χ4n) is 1.39. The molecule has 0 fully saturated rings. The second kappa shape index (κ2) is 5.13. The molecule has 94 valence electrons. The van der Waals surface area contributed by atoms with Crippen molar-refractivity contribution in [2.75, 3.05) is 0 Å². The molecule has 7 nitrogen and oxygen atoms in total. The number of nitrogens with zero attached hydrogens (tertiary/aromatic N) is 4. The van der Waals surface area contributed by atoms with Crippen molar-refractivity contribution in [3.8, 4) is 0 Å². The minimum atomic E-state index is -1.12. The van der Waals surface area contributed by atoms with Gasteiger partial charge < -0.3 is 9.67 Å². The van der Waals surface area contributed by atoms with Gasteiger partial charge in [-0.15, -0.1) is 5.10 Å². The van der Waals surface area contributed by atoms with Gasteiger partial charge in [-0.05, 0) is 22.0 Å². The molecule has 0 aliphatic rings. The van der Waals surface area contributed by atoms with Crippen LogP contribution in [0.2, 0.25) is 0 Å². The SMILES string of the molecule is O=C(O)c1cn(CCn2cc(Br)ccc2=O)nn1. The molecule has 0 radical (unpaired) electrons. The van der Waals surface area contributed by atoms with Gasteiger partial charge in [-0.25, -0.2) is 9.48 Å². The molecule has 0 unspecified atom stereocenters. The van der Waals surface area contributed by atoms with Crippen LogP contribution < -0.4 is 5.56 Å². The molecule has 0 saturated heterocycles. The van der Waals surface area contributed by atoms with E-state index < -0.39 is 5.97 Å². The van der Waals surface area contributed by atoms with Gasteiger partial charge in [0.1, 0.15) is 0 Å². The Kier molecular flexibility index (Phi) is 3.56. The summed E-state index contributed by atoms with van der Waals surface area (Å²) < 4.78 is 3.69. The highest BCUT2D eigenvalue weighted by atomic mass is 79.9. The molecule has 2 rings (SSSR count). The number of hydrogen-bond acceptors (Lipinski definition) is 4. The average Bonchev–Trinajstić information content (AvgIpc) is 2.79. The average molecular weight is 313 g/mol. The maximum Gasteiger partial charge on any atom is 0.358 e. The number of aryl methyl sites for hydroxylation is 2. The largest absolute Gasteiger partial charge is 0.476 e. The second-order valence-corrected chi connectivity index (χ2v) is 4.47. The highest BCUT2D eigenvalue weighted by Gasteiger charge is 2.08. The minimum absolute atomic E-state index is 0.114. The van der Waals surface area contributed by atoms with E-state index in [1.165, 1.54) is 21.5 Å². The minimum Gasteiger partial charge on any atom is -0.476 e. The molecule has 2 heterocycles. The molecule has 0 aliphatic carbocycles. The quantitative estimate of drug-likeness (QED) is 0.893. The van der Waals surface area contributed by atoms with Crippen LogP contribution in [-0.4, -0.2) is 30.6 Å². The Morgan fingerprint density at radius 1 is 1.33 bits per heavy atom. The topological polar surface area (TPSA) is 90.0 Å². The van der Waals surface area contributed by atoms with Crippen molar-refractivity contribution < 1.29 is 9.90 Å². The molecule has 0 aromatic carbocycles. The van der Waals surface area contributed by atoms with E-state index in [1.807, 2.05) is 0 Å². The molecule has 2 aromatic rings. The lowest BCUT2D eigenvalue weighted by Crippen LogP contribution is -2.21. The molecule has 0 aliphatic heterocycles. The van der Waals surface area contributed by atoms with E-state index in [9.17, 15) is 9.59 Å². The normalized spacial score (nSPS) is 10.5. The van der Waals surface area contributed by atoms with Crippen LogP contribution in [0, 0.1) is 0 Å². The smallest absolute Gasteiger partial charge is 0.358 e. The molecule has 1 N–H and O–H groups in total. The number of carbonyl (C=O) groups is 1. The zero-order valence-electron chi connectivity index (χ0n) is 9.15. The van der Waals surface area contributed by atoms with E-state index >= 15 is 0 Å². The third-order valence-electron chi connectivity index (χ3n) is 2.28. The number of carboxylic acid groups (broad SMARTS) is 1. The van der Waals surface area contributed by atoms with Gasteiger partial charge in [-0.1, -0.05) is 5.21 Å². The first-order valence-corrected chi connectivity index (χ1v) is 5.85. The standard InChI is InChI=1S/C10H9BrN4O3/c11-7-1-2-9(16)14(5-7)3-4-15-6-8(10(17)18)12-13-15/h1-2,5-6H,3-4H2,(H,17,18). The van der Waals surface area contributed by atoms with E-state index in [2.05, 4.69) is 26.2 Å². The lowest BCUT2D eigenvalue weighted by atomic mass is 10.4. The van der Waals surface area contributed by atoms with E-state index in [-0.39, 0.29) is 11.3 Å². The van der Waals surface area contributed by atoms with Crippen LogP contribution in [0.3, 0.4) is 0 Å². The summed E-state index contributed by atoms with van der Waals surface area (Å²) in [6.07, 6.45) is 2.99. The van der Waals surface area contributed by atoms with Crippen molar-refractivity contribution in [3.05, 3.63) is 45.0 Å². The van der Waals surface area contributed by atoms with Crippen LogP contribution >= 0.6 is 15.9 Å². The van der Waals surface area contributed by atoms with E-state index in [4.69, 9.17) is 5.11 Å². The maximum atomic E-state index is 11.5. The molecule has 0 bridgehead atoms.